The lowest BCUT2D eigenvalue weighted by Gasteiger charge is -2.03. The minimum atomic E-state index is -1.17. The van der Waals surface area contributed by atoms with Crippen molar-refractivity contribution in [3.8, 4) is 11.5 Å². The molecule has 1 atom stereocenters. The topological polar surface area (TPSA) is 35.5 Å². The lowest BCUT2D eigenvalue weighted by molar-refractivity contribution is 0.174. The van der Waals surface area contributed by atoms with E-state index in [2.05, 4.69) is 0 Å². The Labute approximate surface area is 101 Å². The standard InChI is InChI=1S/C13H10O3S/c14-17(10-4-2-1-3-5-10)11-6-7-12-13(8-11)16-9-15-12/h1-8H,9H2. The summed E-state index contributed by atoms with van der Waals surface area (Å²) in [5.41, 5.74) is 0. The van der Waals surface area contributed by atoms with Crippen molar-refractivity contribution >= 4 is 10.8 Å². The van der Waals surface area contributed by atoms with E-state index in [-0.39, 0.29) is 6.79 Å². The van der Waals surface area contributed by atoms with E-state index in [1.54, 1.807) is 18.2 Å². The Morgan fingerprint density at radius 3 is 2.47 bits per heavy atom. The molecule has 0 spiro atoms. The molecule has 2 aromatic carbocycles. The van der Waals surface area contributed by atoms with Crippen molar-refractivity contribution in [2.75, 3.05) is 6.79 Å². The SMILES string of the molecule is O=S(c1ccccc1)c1ccc2c(c1)OCO2. The van der Waals surface area contributed by atoms with Gasteiger partial charge in [0.05, 0.1) is 10.8 Å². The molecule has 0 radical (unpaired) electrons. The van der Waals surface area contributed by atoms with Crippen LogP contribution in [0, 0.1) is 0 Å². The zero-order valence-corrected chi connectivity index (χ0v) is 9.78. The summed E-state index contributed by atoms with van der Waals surface area (Å²) >= 11 is 0. The fourth-order valence-corrected chi connectivity index (χ4v) is 2.75. The van der Waals surface area contributed by atoms with Gasteiger partial charge in [0.1, 0.15) is 0 Å². The second-order valence-corrected chi connectivity index (χ2v) is 5.08. The number of benzene rings is 2. The third kappa shape index (κ3) is 1.91. The van der Waals surface area contributed by atoms with Crippen molar-refractivity contribution in [1.29, 1.82) is 0 Å². The van der Waals surface area contributed by atoms with Crippen molar-refractivity contribution < 1.29 is 13.7 Å². The van der Waals surface area contributed by atoms with E-state index in [4.69, 9.17) is 9.47 Å². The van der Waals surface area contributed by atoms with Crippen molar-refractivity contribution in [2.24, 2.45) is 0 Å². The van der Waals surface area contributed by atoms with Crippen LogP contribution in [-0.4, -0.2) is 11.0 Å². The van der Waals surface area contributed by atoms with Gasteiger partial charge in [-0.25, -0.2) is 4.21 Å². The van der Waals surface area contributed by atoms with Crippen LogP contribution in [0.5, 0.6) is 11.5 Å². The molecule has 2 aromatic rings. The van der Waals surface area contributed by atoms with Gasteiger partial charge in [-0.3, -0.25) is 0 Å². The fourth-order valence-electron chi connectivity index (χ4n) is 1.67. The summed E-state index contributed by atoms with van der Waals surface area (Å²) in [5, 5.41) is 0. The van der Waals surface area contributed by atoms with E-state index in [1.165, 1.54) is 0 Å². The number of ether oxygens (including phenoxy) is 2. The summed E-state index contributed by atoms with van der Waals surface area (Å²) in [4.78, 5) is 1.51. The maximum Gasteiger partial charge on any atom is 0.231 e. The van der Waals surface area contributed by atoms with Crippen LogP contribution in [0.4, 0.5) is 0 Å². The maximum absolute atomic E-state index is 12.3. The van der Waals surface area contributed by atoms with Gasteiger partial charge in [-0.1, -0.05) is 18.2 Å². The Balaban J connectivity index is 1.97. The number of fused-ring (bicyclic) bond motifs is 1. The Kier molecular flexibility index (Phi) is 2.57. The Morgan fingerprint density at radius 1 is 0.882 bits per heavy atom. The van der Waals surface area contributed by atoms with Crippen LogP contribution in [0.2, 0.25) is 0 Å². The lowest BCUT2D eigenvalue weighted by atomic mass is 10.3. The van der Waals surface area contributed by atoms with Gasteiger partial charge in [-0.05, 0) is 24.3 Å². The zero-order valence-electron chi connectivity index (χ0n) is 8.96. The Bertz CT molecular complexity index is 566. The lowest BCUT2D eigenvalue weighted by Crippen LogP contribution is -1.93. The second-order valence-electron chi connectivity index (χ2n) is 3.60. The first-order chi connectivity index (χ1) is 8.34. The molecular formula is C13H10O3S. The number of hydrogen-bond acceptors (Lipinski definition) is 3. The molecule has 0 bridgehead atoms. The molecule has 1 unspecified atom stereocenters. The minimum absolute atomic E-state index is 0.233. The zero-order chi connectivity index (χ0) is 11.7. The Morgan fingerprint density at radius 2 is 1.65 bits per heavy atom. The second kappa shape index (κ2) is 4.22. The van der Waals surface area contributed by atoms with Gasteiger partial charge in [0.2, 0.25) is 6.79 Å². The molecule has 3 nitrogen and oxygen atoms in total. The summed E-state index contributed by atoms with van der Waals surface area (Å²) in [5.74, 6) is 1.37. The molecule has 1 heterocycles. The van der Waals surface area contributed by atoms with E-state index in [0.29, 0.717) is 11.5 Å². The predicted molar refractivity (Wildman–Crippen MR) is 63.7 cm³/mol. The highest BCUT2D eigenvalue weighted by Gasteiger charge is 2.16. The molecule has 86 valence electrons. The van der Waals surface area contributed by atoms with Crippen molar-refractivity contribution in [2.45, 2.75) is 9.79 Å². The highest BCUT2D eigenvalue weighted by molar-refractivity contribution is 7.85. The highest BCUT2D eigenvalue weighted by atomic mass is 32.2. The van der Waals surface area contributed by atoms with Crippen molar-refractivity contribution in [1.82, 2.24) is 0 Å². The van der Waals surface area contributed by atoms with E-state index < -0.39 is 10.8 Å². The molecule has 0 saturated heterocycles. The molecule has 1 aliphatic heterocycles. The first-order valence-electron chi connectivity index (χ1n) is 5.21. The van der Waals surface area contributed by atoms with Crippen LogP contribution < -0.4 is 9.47 Å². The van der Waals surface area contributed by atoms with Crippen LogP contribution in [-0.2, 0) is 10.8 Å². The monoisotopic (exact) mass is 246 g/mol. The molecule has 3 rings (SSSR count). The van der Waals surface area contributed by atoms with Crippen LogP contribution in [0.3, 0.4) is 0 Å². The molecule has 1 aliphatic rings. The molecule has 0 aliphatic carbocycles. The summed E-state index contributed by atoms with van der Waals surface area (Å²) in [6.07, 6.45) is 0. The molecule has 0 N–H and O–H groups in total. The van der Waals surface area contributed by atoms with Crippen molar-refractivity contribution in [3.63, 3.8) is 0 Å². The van der Waals surface area contributed by atoms with Gasteiger partial charge >= 0.3 is 0 Å². The largest absolute Gasteiger partial charge is 0.454 e. The van der Waals surface area contributed by atoms with Gasteiger partial charge in [0.15, 0.2) is 11.5 Å². The van der Waals surface area contributed by atoms with Gasteiger partial charge in [-0.15, -0.1) is 0 Å². The fraction of sp³-hybridized carbons (Fsp3) is 0.0769. The van der Waals surface area contributed by atoms with Crippen molar-refractivity contribution in [3.05, 3.63) is 48.5 Å². The summed E-state index contributed by atoms with van der Waals surface area (Å²) in [6.45, 7) is 0.233. The first-order valence-corrected chi connectivity index (χ1v) is 6.36. The number of hydrogen-bond donors (Lipinski definition) is 0. The molecule has 0 saturated carbocycles. The average molecular weight is 246 g/mol. The Hall–Kier alpha value is -1.81. The molecule has 4 heteroatoms. The normalized spacial score (nSPS) is 14.6. The highest BCUT2D eigenvalue weighted by Crippen LogP contribution is 2.34. The van der Waals surface area contributed by atoms with Gasteiger partial charge < -0.3 is 9.47 Å². The van der Waals surface area contributed by atoms with Gasteiger partial charge in [-0.2, -0.15) is 0 Å². The average Bonchev–Trinajstić information content (AvgIpc) is 2.86. The molecule has 0 fully saturated rings. The summed E-state index contributed by atoms with van der Waals surface area (Å²) in [7, 11) is -1.17. The third-order valence-corrected chi connectivity index (χ3v) is 3.90. The summed E-state index contributed by atoms with van der Waals surface area (Å²) < 4.78 is 22.7. The maximum atomic E-state index is 12.3. The molecule has 0 aromatic heterocycles. The quantitative estimate of drug-likeness (QED) is 0.817. The smallest absolute Gasteiger partial charge is 0.231 e. The van der Waals surface area contributed by atoms with E-state index in [0.717, 1.165) is 9.79 Å². The molecule has 17 heavy (non-hydrogen) atoms. The number of rotatable bonds is 2. The van der Waals surface area contributed by atoms with E-state index in [9.17, 15) is 4.21 Å². The van der Waals surface area contributed by atoms with E-state index in [1.807, 2.05) is 30.3 Å². The van der Waals surface area contributed by atoms with Gasteiger partial charge in [0.25, 0.3) is 0 Å². The third-order valence-electron chi connectivity index (χ3n) is 2.52. The van der Waals surface area contributed by atoms with E-state index >= 15 is 0 Å². The molecule has 0 amide bonds. The molecular weight excluding hydrogens is 236 g/mol. The van der Waals surface area contributed by atoms with Gasteiger partial charge in [0, 0.05) is 15.9 Å². The van der Waals surface area contributed by atoms with Crippen LogP contribution >= 0.6 is 0 Å². The van der Waals surface area contributed by atoms with Crippen LogP contribution in [0.25, 0.3) is 0 Å². The minimum Gasteiger partial charge on any atom is -0.454 e. The summed E-state index contributed by atoms with van der Waals surface area (Å²) in [6, 6.07) is 14.7. The predicted octanol–water partition coefficient (Wildman–Crippen LogP) is 2.58. The first kappa shape index (κ1) is 10.4. The van der Waals surface area contributed by atoms with Crippen LogP contribution in [0.15, 0.2) is 58.3 Å². The van der Waals surface area contributed by atoms with Crippen LogP contribution in [0.1, 0.15) is 0 Å².